The van der Waals surface area contributed by atoms with E-state index in [9.17, 15) is 0 Å². The number of hydrogen-bond acceptors (Lipinski definition) is 2. The highest BCUT2D eigenvalue weighted by Gasteiger charge is 2.18. The summed E-state index contributed by atoms with van der Waals surface area (Å²) in [5.41, 5.74) is 2.39. The van der Waals surface area contributed by atoms with Crippen molar-refractivity contribution in [2.75, 3.05) is 0 Å². The normalized spacial score (nSPS) is 17.9. The molecule has 0 aromatic heterocycles. The van der Waals surface area contributed by atoms with Crippen molar-refractivity contribution in [3.63, 3.8) is 0 Å². The van der Waals surface area contributed by atoms with Crippen LogP contribution in [0.25, 0.3) is 0 Å². The summed E-state index contributed by atoms with van der Waals surface area (Å²) in [5, 5.41) is 1.87. The van der Waals surface area contributed by atoms with Gasteiger partial charge in [-0.2, -0.15) is 0 Å². The first kappa shape index (κ1) is 12.5. The molecule has 1 aliphatic heterocycles. The van der Waals surface area contributed by atoms with Crippen molar-refractivity contribution in [1.82, 2.24) is 5.06 Å². The largest absolute Gasteiger partial charge is 0.261 e. The molecule has 1 unspecified atom stereocenters. The van der Waals surface area contributed by atoms with Crippen LogP contribution in [0, 0.1) is 0 Å². The van der Waals surface area contributed by atoms with E-state index in [4.69, 9.17) is 4.84 Å². The molecule has 0 saturated carbocycles. The van der Waals surface area contributed by atoms with Gasteiger partial charge in [0, 0.05) is 10.7 Å². The zero-order valence-corrected chi connectivity index (χ0v) is 12.0. The van der Waals surface area contributed by atoms with Crippen molar-refractivity contribution in [3.8, 4) is 0 Å². The van der Waals surface area contributed by atoms with Gasteiger partial charge in [0.2, 0.25) is 0 Å². The summed E-state index contributed by atoms with van der Waals surface area (Å²) in [6.45, 7) is 0.749. The predicted molar refractivity (Wildman–Crippen MR) is 79.1 cm³/mol. The first-order valence-corrected chi connectivity index (χ1v) is 7.02. The van der Waals surface area contributed by atoms with Crippen molar-refractivity contribution < 1.29 is 4.84 Å². The molecule has 0 aliphatic carbocycles. The van der Waals surface area contributed by atoms with Crippen LogP contribution in [-0.4, -0.2) is 5.06 Å². The van der Waals surface area contributed by atoms with Gasteiger partial charge in [0.25, 0.3) is 0 Å². The summed E-state index contributed by atoms with van der Waals surface area (Å²) in [5.74, 6) is 0. The standard InChI is InChI=1S/C16H14BrNO/c17-15-8-4-5-13(11-15)12-18-10-9-16(19-18)14-6-2-1-3-7-14/h1-11,16H,12H2. The van der Waals surface area contributed by atoms with E-state index in [1.165, 1.54) is 11.1 Å². The maximum Gasteiger partial charge on any atom is 0.131 e. The monoisotopic (exact) mass is 315 g/mol. The van der Waals surface area contributed by atoms with Gasteiger partial charge in [-0.3, -0.25) is 9.90 Å². The highest BCUT2D eigenvalue weighted by atomic mass is 79.9. The van der Waals surface area contributed by atoms with E-state index in [0.29, 0.717) is 0 Å². The number of nitrogens with zero attached hydrogens (tertiary/aromatic N) is 1. The number of hydrogen-bond donors (Lipinski definition) is 0. The van der Waals surface area contributed by atoms with Crippen LogP contribution in [0.5, 0.6) is 0 Å². The second kappa shape index (κ2) is 5.59. The van der Waals surface area contributed by atoms with Gasteiger partial charge in [-0.05, 0) is 29.3 Å². The molecule has 1 atom stereocenters. The molecule has 2 nitrogen and oxygen atoms in total. The smallest absolute Gasteiger partial charge is 0.131 e. The lowest BCUT2D eigenvalue weighted by atomic mass is 10.1. The Hall–Kier alpha value is -1.58. The van der Waals surface area contributed by atoms with Crippen LogP contribution in [0.1, 0.15) is 17.2 Å². The van der Waals surface area contributed by atoms with Crippen LogP contribution in [0.2, 0.25) is 0 Å². The number of benzene rings is 2. The molecule has 0 saturated heterocycles. The molecule has 0 radical (unpaired) electrons. The maximum atomic E-state index is 5.90. The fourth-order valence-electron chi connectivity index (χ4n) is 2.11. The highest BCUT2D eigenvalue weighted by molar-refractivity contribution is 9.10. The Labute approximate surface area is 121 Å². The summed E-state index contributed by atoms with van der Waals surface area (Å²) in [4.78, 5) is 5.90. The molecule has 3 rings (SSSR count). The van der Waals surface area contributed by atoms with Gasteiger partial charge in [0.1, 0.15) is 6.10 Å². The van der Waals surface area contributed by atoms with Gasteiger partial charge < -0.3 is 0 Å². The van der Waals surface area contributed by atoms with Crippen molar-refractivity contribution >= 4 is 15.9 Å². The first-order valence-electron chi connectivity index (χ1n) is 6.22. The third-order valence-electron chi connectivity index (χ3n) is 3.03. The second-order valence-corrected chi connectivity index (χ2v) is 5.40. The molecule has 0 fully saturated rings. The van der Waals surface area contributed by atoms with Crippen LogP contribution < -0.4 is 0 Å². The van der Waals surface area contributed by atoms with Crippen LogP contribution in [0.4, 0.5) is 0 Å². The second-order valence-electron chi connectivity index (χ2n) is 4.48. The van der Waals surface area contributed by atoms with Crippen LogP contribution in [-0.2, 0) is 11.4 Å². The van der Waals surface area contributed by atoms with Crippen LogP contribution in [0.3, 0.4) is 0 Å². The van der Waals surface area contributed by atoms with Gasteiger partial charge >= 0.3 is 0 Å². The SMILES string of the molecule is Brc1cccc(CN2C=CC(c3ccccc3)O2)c1. The molecule has 0 N–H and O–H groups in total. The highest BCUT2D eigenvalue weighted by Crippen LogP contribution is 2.27. The summed E-state index contributed by atoms with van der Waals surface area (Å²) < 4.78 is 1.09. The molecule has 1 heterocycles. The summed E-state index contributed by atoms with van der Waals surface area (Å²) in [6, 6.07) is 18.5. The van der Waals surface area contributed by atoms with E-state index < -0.39 is 0 Å². The number of rotatable bonds is 3. The molecule has 19 heavy (non-hydrogen) atoms. The minimum atomic E-state index is 0.0216. The van der Waals surface area contributed by atoms with Gasteiger partial charge in [-0.15, -0.1) is 0 Å². The fraction of sp³-hybridized carbons (Fsp3) is 0.125. The van der Waals surface area contributed by atoms with Crippen molar-refractivity contribution in [3.05, 3.63) is 82.5 Å². The lowest BCUT2D eigenvalue weighted by Gasteiger charge is -2.18. The van der Waals surface area contributed by atoms with E-state index in [-0.39, 0.29) is 6.10 Å². The van der Waals surface area contributed by atoms with Crippen molar-refractivity contribution in [2.24, 2.45) is 0 Å². The third-order valence-corrected chi connectivity index (χ3v) is 3.52. The topological polar surface area (TPSA) is 12.5 Å². The average molecular weight is 316 g/mol. The molecular weight excluding hydrogens is 302 g/mol. The Balaban J connectivity index is 1.66. The molecular formula is C16H14BrNO. The average Bonchev–Trinajstić information content (AvgIpc) is 2.88. The van der Waals surface area contributed by atoms with Crippen molar-refractivity contribution in [2.45, 2.75) is 12.6 Å². The Morgan fingerprint density at radius 1 is 1.05 bits per heavy atom. The summed E-state index contributed by atoms with van der Waals surface area (Å²) in [7, 11) is 0. The van der Waals surface area contributed by atoms with E-state index in [1.807, 2.05) is 41.6 Å². The predicted octanol–water partition coefficient (Wildman–Crippen LogP) is 4.45. The Bertz CT molecular complexity index is 582. The summed E-state index contributed by atoms with van der Waals surface area (Å²) >= 11 is 3.48. The molecule has 0 amide bonds. The molecule has 1 aliphatic rings. The Kier molecular flexibility index (Phi) is 3.67. The zero-order valence-electron chi connectivity index (χ0n) is 10.4. The zero-order chi connectivity index (χ0) is 13.1. The van der Waals surface area contributed by atoms with E-state index in [2.05, 4.69) is 46.3 Å². The minimum absolute atomic E-state index is 0.0216. The van der Waals surface area contributed by atoms with E-state index in [1.54, 1.807) is 0 Å². The van der Waals surface area contributed by atoms with Crippen LogP contribution in [0.15, 0.2) is 71.3 Å². The lowest BCUT2D eigenvalue weighted by Crippen LogP contribution is -2.14. The Morgan fingerprint density at radius 3 is 2.68 bits per heavy atom. The molecule has 0 bridgehead atoms. The van der Waals surface area contributed by atoms with Gasteiger partial charge in [-0.25, -0.2) is 0 Å². The Morgan fingerprint density at radius 2 is 1.89 bits per heavy atom. The molecule has 0 spiro atoms. The van der Waals surface area contributed by atoms with E-state index >= 15 is 0 Å². The molecule has 96 valence electrons. The lowest BCUT2D eigenvalue weighted by molar-refractivity contribution is -0.137. The molecule has 3 heteroatoms. The van der Waals surface area contributed by atoms with Gasteiger partial charge in [0.15, 0.2) is 0 Å². The minimum Gasteiger partial charge on any atom is -0.261 e. The molecule has 2 aromatic rings. The van der Waals surface area contributed by atoms with E-state index in [0.717, 1.165) is 11.0 Å². The fourth-order valence-corrected chi connectivity index (χ4v) is 2.56. The van der Waals surface area contributed by atoms with Gasteiger partial charge in [-0.1, -0.05) is 58.4 Å². The quantitative estimate of drug-likeness (QED) is 0.829. The molecule has 2 aromatic carbocycles. The van der Waals surface area contributed by atoms with Crippen molar-refractivity contribution in [1.29, 1.82) is 0 Å². The first-order chi connectivity index (χ1) is 9.31. The van der Waals surface area contributed by atoms with Crippen LogP contribution >= 0.6 is 15.9 Å². The third kappa shape index (κ3) is 3.06. The number of hydroxylamine groups is 2. The van der Waals surface area contributed by atoms with Gasteiger partial charge in [0.05, 0.1) is 6.54 Å². The maximum absolute atomic E-state index is 5.90. The summed E-state index contributed by atoms with van der Waals surface area (Å²) in [6.07, 6.45) is 4.10. The number of halogens is 1.